The smallest absolute Gasteiger partial charge is 0.253 e. The zero-order chi connectivity index (χ0) is 16.7. The van der Waals surface area contributed by atoms with Crippen molar-refractivity contribution >= 4 is 23.4 Å². The van der Waals surface area contributed by atoms with Gasteiger partial charge in [0.2, 0.25) is 11.8 Å². The van der Waals surface area contributed by atoms with Gasteiger partial charge in [0.05, 0.1) is 0 Å². The Hall–Kier alpha value is -2.37. The molecule has 4 rings (SSSR count). The Labute approximate surface area is 140 Å². The van der Waals surface area contributed by atoms with Crippen molar-refractivity contribution in [1.29, 1.82) is 0 Å². The molecule has 0 aromatic heterocycles. The molecule has 2 saturated heterocycles. The van der Waals surface area contributed by atoms with E-state index in [1.807, 2.05) is 17.0 Å². The second-order valence-electron chi connectivity index (χ2n) is 7.20. The van der Waals surface area contributed by atoms with Crippen molar-refractivity contribution in [3.63, 3.8) is 0 Å². The van der Waals surface area contributed by atoms with Crippen molar-refractivity contribution in [3.05, 3.63) is 29.3 Å². The second kappa shape index (κ2) is 5.61. The van der Waals surface area contributed by atoms with Crippen LogP contribution in [0.5, 0.6) is 0 Å². The number of anilines is 1. The maximum absolute atomic E-state index is 12.8. The molecule has 3 aliphatic heterocycles. The fraction of sp³-hybridized carbons (Fsp3) is 0.500. The number of benzene rings is 1. The number of likely N-dealkylation sites (tertiary alicyclic amines) is 1. The third kappa shape index (κ3) is 2.66. The van der Waals surface area contributed by atoms with Gasteiger partial charge >= 0.3 is 0 Å². The molecule has 0 radical (unpaired) electrons. The van der Waals surface area contributed by atoms with Crippen LogP contribution >= 0.6 is 0 Å². The summed E-state index contributed by atoms with van der Waals surface area (Å²) in [6.07, 6.45) is 3.52. The lowest BCUT2D eigenvalue weighted by Crippen LogP contribution is -2.33. The molecule has 3 amide bonds. The van der Waals surface area contributed by atoms with Crippen molar-refractivity contribution in [2.24, 2.45) is 5.41 Å². The summed E-state index contributed by atoms with van der Waals surface area (Å²) in [4.78, 5) is 37.8. The van der Waals surface area contributed by atoms with Crippen LogP contribution in [0, 0.1) is 5.41 Å². The van der Waals surface area contributed by atoms with Gasteiger partial charge in [-0.15, -0.1) is 0 Å². The lowest BCUT2D eigenvalue weighted by molar-refractivity contribution is -0.119. The monoisotopic (exact) mass is 327 g/mol. The van der Waals surface area contributed by atoms with E-state index >= 15 is 0 Å². The standard InChI is InChI=1S/C18H21N3O3/c22-15-3-1-2-12-8-13(4-5-14(12)20-15)17(24)21-7-6-18(11-21)9-16(23)19-10-18/h4-5,8H,1-3,6-7,9-11H2,(H,19,23)(H,20,22). The van der Waals surface area contributed by atoms with E-state index < -0.39 is 0 Å². The zero-order valence-electron chi connectivity index (χ0n) is 13.6. The van der Waals surface area contributed by atoms with Crippen LogP contribution in [0.15, 0.2) is 18.2 Å². The van der Waals surface area contributed by atoms with Gasteiger partial charge in [0.25, 0.3) is 5.91 Å². The van der Waals surface area contributed by atoms with Crippen molar-refractivity contribution < 1.29 is 14.4 Å². The first-order valence-electron chi connectivity index (χ1n) is 8.53. The number of rotatable bonds is 1. The van der Waals surface area contributed by atoms with Crippen LogP contribution in [0.1, 0.15) is 41.6 Å². The highest BCUT2D eigenvalue weighted by Gasteiger charge is 2.45. The maximum atomic E-state index is 12.8. The maximum Gasteiger partial charge on any atom is 0.253 e. The zero-order valence-corrected chi connectivity index (χ0v) is 13.6. The molecule has 1 aromatic rings. The number of carbonyl (C=O) groups is 3. The number of nitrogens with zero attached hydrogens (tertiary/aromatic N) is 1. The summed E-state index contributed by atoms with van der Waals surface area (Å²) in [5.41, 5.74) is 2.43. The SMILES string of the molecule is O=C1CC2(CCN(C(=O)c3ccc4c(c3)CCCC(=O)N4)C2)CN1. The highest BCUT2D eigenvalue weighted by molar-refractivity contribution is 5.97. The van der Waals surface area contributed by atoms with Gasteiger partial charge in [0, 0.05) is 49.1 Å². The summed E-state index contributed by atoms with van der Waals surface area (Å²) < 4.78 is 0. The first kappa shape index (κ1) is 15.2. The van der Waals surface area contributed by atoms with Crippen molar-refractivity contribution in [2.45, 2.75) is 32.1 Å². The van der Waals surface area contributed by atoms with Gasteiger partial charge in [0.15, 0.2) is 0 Å². The van der Waals surface area contributed by atoms with Crippen LogP contribution < -0.4 is 10.6 Å². The molecule has 0 saturated carbocycles. The Balaban J connectivity index is 1.52. The minimum atomic E-state index is -0.0770. The highest BCUT2D eigenvalue weighted by Crippen LogP contribution is 2.37. The molecule has 1 unspecified atom stereocenters. The third-order valence-electron chi connectivity index (χ3n) is 5.40. The summed E-state index contributed by atoms with van der Waals surface area (Å²) in [5.74, 6) is 0.141. The molecule has 2 N–H and O–H groups in total. The molecule has 126 valence electrons. The number of hydrogen-bond acceptors (Lipinski definition) is 3. The fourth-order valence-corrected chi connectivity index (χ4v) is 4.04. The van der Waals surface area contributed by atoms with E-state index in [-0.39, 0.29) is 23.1 Å². The number of carbonyl (C=O) groups excluding carboxylic acids is 3. The van der Waals surface area contributed by atoms with Crippen LogP contribution in [0.3, 0.4) is 0 Å². The predicted octanol–water partition coefficient (Wildman–Crippen LogP) is 1.31. The minimum Gasteiger partial charge on any atom is -0.355 e. The molecule has 3 heterocycles. The van der Waals surface area contributed by atoms with Crippen molar-refractivity contribution in [3.8, 4) is 0 Å². The summed E-state index contributed by atoms with van der Waals surface area (Å²) >= 11 is 0. The number of nitrogens with one attached hydrogen (secondary N) is 2. The lowest BCUT2D eigenvalue weighted by atomic mass is 9.86. The molecule has 1 spiro atoms. The molecule has 1 aromatic carbocycles. The molecule has 0 aliphatic carbocycles. The molecular weight excluding hydrogens is 306 g/mol. The van der Waals surface area contributed by atoms with Gasteiger partial charge in [0.1, 0.15) is 0 Å². The Morgan fingerprint density at radius 3 is 2.83 bits per heavy atom. The van der Waals surface area contributed by atoms with Crippen LogP contribution in [0.25, 0.3) is 0 Å². The molecule has 3 aliphatic rings. The number of aryl methyl sites for hydroxylation is 1. The Kier molecular flexibility index (Phi) is 3.55. The van der Waals surface area contributed by atoms with Gasteiger partial charge < -0.3 is 15.5 Å². The summed E-state index contributed by atoms with van der Waals surface area (Å²) in [6, 6.07) is 5.53. The Morgan fingerprint density at radius 1 is 1.17 bits per heavy atom. The molecule has 6 heteroatoms. The average Bonchev–Trinajstić information content (AvgIpc) is 3.08. The van der Waals surface area contributed by atoms with Crippen LogP contribution in [0.4, 0.5) is 5.69 Å². The molecular formula is C18H21N3O3. The van der Waals surface area contributed by atoms with Crippen LogP contribution in [-0.4, -0.2) is 42.3 Å². The number of hydrogen-bond donors (Lipinski definition) is 2. The van der Waals surface area contributed by atoms with E-state index in [0.29, 0.717) is 38.0 Å². The fourth-order valence-electron chi connectivity index (χ4n) is 4.04. The first-order valence-corrected chi connectivity index (χ1v) is 8.53. The van der Waals surface area contributed by atoms with E-state index in [0.717, 1.165) is 30.5 Å². The quantitative estimate of drug-likeness (QED) is 0.816. The third-order valence-corrected chi connectivity index (χ3v) is 5.40. The second-order valence-corrected chi connectivity index (χ2v) is 7.20. The molecule has 2 fully saturated rings. The molecule has 0 bridgehead atoms. The lowest BCUT2D eigenvalue weighted by Gasteiger charge is -2.22. The molecule has 24 heavy (non-hydrogen) atoms. The van der Waals surface area contributed by atoms with E-state index in [9.17, 15) is 14.4 Å². The molecule has 6 nitrogen and oxygen atoms in total. The minimum absolute atomic E-state index is 0.0181. The van der Waals surface area contributed by atoms with E-state index in [1.54, 1.807) is 6.07 Å². The number of amides is 3. The van der Waals surface area contributed by atoms with Gasteiger partial charge in [-0.05, 0) is 43.0 Å². The number of fused-ring (bicyclic) bond motifs is 1. The summed E-state index contributed by atoms with van der Waals surface area (Å²) in [7, 11) is 0. The van der Waals surface area contributed by atoms with Gasteiger partial charge in [-0.1, -0.05) is 0 Å². The Bertz CT molecular complexity index is 730. The van der Waals surface area contributed by atoms with Gasteiger partial charge in [-0.2, -0.15) is 0 Å². The van der Waals surface area contributed by atoms with E-state index in [1.165, 1.54) is 0 Å². The van der Waals surface area contributed by atoms with E-state index in [4.69, 9.17) is 0 Å². The normalized spacial score (nSPS) is 26.1. The highest BCUT2D eigenvalue weighted by atomic mass is 16.2. The van der Waals surface area contributed by atoms with Crippen molar-refractivity contribution in [2.75, 3.05) is 25.0 Å². The topological polar surface area (TPSA) is 78.5 Å². The average molecular weight is 327 g/mol. The van der Waals surface area contributed by atoms with Gasteiger partial charge in [-0.25, -0.2) is 0 Å². The summed E-state index contributed by atoms with van der Waals surface area (Å²) in [6.45, 7) is 2.01. The van der Waals surface area contributed by atoms with Crippen molar-refractivity contribution in [1.82, 2.24) is 10.2 Å². The van der Waals surface area contributed by atoms with Crippen LogP contribution in [0.2, 0.25) is 0 Å². The van der Waals surface area contributed by atoms with Crippen LogP contribution in [-0.2, 0) is 16.0 Å². The first-order chi connectivity index (χ1) is 11.5. The van der Waals surface area contributed by atoms with E-state index in [2.05, 4.69) is 10.6 Å². The predicted molar refractivity (Wildman–Crippen MR) is 88.6 cm³/mol. The van der Waals surface area contributed by atoms with Gasteiger partial charge in [-0.3, -0.25) is 14.4 Å². The Morgan fingerprint density at radius 2 is 2.04 bits per heavy atom. The summed E-state index contributed by atoms with van der Waals surface area (Å²) in [5, 5.41) is 5.78. The molecule has 1 atom stereocenters. The largest absolute Gasteiger partial charge is 0.355 e.